The Morgan fingerprint density at radius 3 is 2.78 bits per heavy atom. The molecule has 3 rings (SSSR count). The molecule has 1 aliphatic rings. The number of piperazine rings is 1. The molecule has 0 amide bonds. The average Bonchev–Trinajstić information content (AvgIpc) is 2.76. The van der Waals surface area contributed by atoms with Gasteiger partial charge in [0.15, 0.2) is 11.5 Å². The van der Waals surface area contributed by atoms with Crippen LogP contribution in [0, 0.1) is 0 Å². The van der Waals surface area contributed by atoms with Crippen LogP contribution in [0.4, 0.5) is 5.69 Å². The molecule has 18 heavy (non-hydrogen) atoms. The molecular formula is C12H18N6. The lowest BCUT2D eigenvalue weighted by Crippen LogP contribution is -2.44. The summed E-state index contributed by atoms with van der Waals surface area (Å²) in [6.07, 6.45) is 1.88. The summed E-state index contributed by atoms with van der Waals surface area (Å²) in [7, 11) is 2.15. The third-order valence-electron chi connectivity index (χ3n) is 3.40. The molecule has 0 spiro atoms. The van der Waals surface area contributed by atoms with Crippen molar-refractivity contribution in [1.29, 1.82) is 0 Å². The van der Waals surface area contributed by atoms with Crippen molar-refractivity contribution in [1.82, 2.24) is 24.4 Å². The number of nitrogen functional groups attached to an aromatic ring is 1. The highest BCUT2D eigenvalue weighted by atomic mass is 15.3. The molecule has 2 aromatic heterocycles. The molecule has 2 N–H and O–H groups in total. The number of nitrogens with two attached hydrogens (primary N) is 1. The van der Waals surface area contributed by atoms with E-state index in [1.54, 1.807) is 4.52 Å². The van der Waals surface area contributed by atoms with E-state index >= 15 is 0 Å². The smallest absolute Gasteiger partial charge is 0.178 e. The summed E-state index contributed by atoms with van der Waals surface area (Å²) in [6, 6.07) is 3.74. The van der Waals surface area contributed by atoms with Gasteiger partial charge in [0.2, 0.25) is 0 Å². The van der Waals surface area contributed by atoms with E-state index in [-0.39, 0.29) is 0 Å². The molecule has 0 atom stereocenters. The van der Waals surface area contributed by atoms with Crippen LogP contribution < -0.4 is 5.73 Å². The fourth-order valence-corrected chi connectivity index (χ4v) is 2.24. The first-order valence-corrected chi connectivity index (χ1v) is 6.23. The van der Waals surface area contributed by atoms with E-state index in [2.05, 4.69) is 26.9 Å². The van der Waals surface area contributed by atoms with E-state index in [1.807, 2.05) is 18.3 Å². The van der Waals surface area contributed by atoms with Gasteiger partial charge in [0.05, 0.1) is 12.2 Å². The monoisotopic (exact) mass is 246 g/mol. The molecular weight excluding hydrogens is 228 g/mol. The van der Waals surface area contributed by atoms with Crippen molar-refractivity contribution in [2.24, 2.45) is 0 Å². The summed E-state index contributed by atoms with van der Waals surface area (Å²) in [5.41, 5.74) is 7.30. The second kappa shape index (κ2) is 4.55. The van der Waals surface area contributed by atoms with Crippen LogP contribution in [0.15, 0.2) is 18.3 Å². The molecule has 0 unspecified atom stereocenters. The first-order chi connectivity index (χ1) is 8.72. The first-order valence-electron chi connectivity index (χ1n) is 6.23. The molecule has 6 heteroatoms. The van der Waals surface area contributed by atoms with Crippen molar-refractivity contribution >= 4 is 11.3 Å². The number of hydrogen-bond acceptors (Lipinski definition) is 5. The third kappa shape index (κ3) is 2.16. The molecule has 96 valence electrons. The second-order valence-corrected chi connectivity index (χ2v) is 4.84. The Balaban J connectivity index is 1.77. The van der Waals surface area contributed by atoms with Crippen LogP contribution in [0.1, 0.15) is 5.82 Å². The van der Waals surface area contributed by atoms with Gasteiger partial charge >= 0.3 is 0 Å². The zero-order valence-electron chi connectivity index (χ0n) is 10.6. The maximum atomic E-state index is 5.88. The topological polar surface area (TPSA) is 62.7 Å². The zero-order valence-corrected chi connectivity index (χ0v) is 10.6. The lowest BCUT2D eigenvalue weighted by atomic mass is 10.3. The van der Waals surface area contributed by atoms with Crippen LogP contribution in [-0.2, 0) is 6.54 Å². The van der Waals surface area contributed by atoms with Gasteiger partial charge in [-0.2, -0.15) is 0 Å². The highest BCUT2D eigenvalue weighted by molar-refractivity contribution is 5.63. The number of pyridine rings is 1. The first kappa shape index (κ1) is 11.4. The minimum atomic E-state index is 0.676. The summed E-state index contributed by atoms with van der Waals surface area (Å²) >= 11 is 0. The summed E-state index contributed by atoms with van der Waals surface area (Å²) in [5.74, 6) is 0.845. The van der Waals surface area contributed by atoms with Gasteiger partial charge in [-0.1, -0.05) is 0 Å². The molecule has 0 radical (unpaired) electrons. The van der Waals surface area contributed by atoms with Crippen LogP contribution in [0.5, 0.6) is 0 Å². The van der Waals surface area contributed by atoms with Crippen LogP contribution in [0.2, 0.25) is 0 Å². The van der Waals surface area contributed by atoms with E-state index in [0.717, 1.165) is 44.2 Å². The summed E-state index contributed by atoms with van der Waals surface area (Å²) in [6.45, 7) is 5.16. The molecule has 0 saturated carbocycles. The SMILES string of the molecule is CN1CCN(Cc2nc3c(N)cccn3n2)CC1. The van der Waals surface area contributed by atoms with E-state index in [0.29, 0.717) is 5.69 Å². The third-order valence-corrected chi connectivity index (χ3v) is 3.40. The molecule has 0 aliphatic carbocycles. The van der Waals surface area contributed by atoms with Gasteiger partial charge < -0.3 is 10.6 Å². The molecule has 0 aromatic carbocycles. The number of nitrogens with zero attached hydrogens (tertiary/aromatic N) is 5. The van der Waals surface area contributed by atoms with E-state index < -0.39 is 0 Å². The van der Waals surface area contributed by atoms with E-state index in [9.17, 15) is 0 Å². The van der Waals surface area contributed by atoms with Crippen LogP contribution in [-0.4, -0.2) is 57.6 Å². The molecule has 1 aliphatic heterocycles. The minimum absolute atomic E-state index is 0.676. The largest absolute Gasteiger partial charge is 0.396 e. The predicted octanol–water partition coefficient (Wildman–Crippen LogP) is 0.0589. The Kier molecular flexibility index (Phi) is 2.89. The Hall–Kier alpha value is -1.66. The fourth-order valence-electron chi connectivity index (χ4n) is 2.24. The molecule has 1 fully saturated rings. The van der Waals surface area contributed by atoms with Gasteiger partial charge in [-0.25, -0.2) is 9.50 Å². The van der Waals surface area contributed by atoms with Gasteiger partial charge in [-0.05, 0) is 19.2 Å². The Morgan fingerprint density at radius 1 is 1.28 bits per heavy atom. The van der Waals surface area contributed by atoms with Crippen LogP contribution in [0.25, 0.3) is 5.65 Å². The van der Waals surface area contributed by atoms with Crippen molar-refractivity contribution in [3.8, 4) is 0 Å². The number of anilines is 1. The molecule has 0 bridgehead atoms. The van der Waals surface area contributed by atoms with Crippen molar-refractivity contribution in [2.45, 2.75) is 6.54 Å². The highest BCUT2D eigenvalue weighted by Crippen LogP contribution is 2.11. The van der Waals surface area contributed by atoms with Gasteiger partial charge in [0.25, 0.3) is 0 Å². The maximum Gasteiger partial charge on any atom is 0.178 e. The van der Waals surface area contributed by atoms with Gasteiger partial charge in [0.1, 0.15) is 0 Å². The Bertz CT molecular complexity index is 540. The number of rotatable bonds is 2. The highest BCUT2D eigenvalue weighted by Gasteiger charge is 2.16. The Labute approximate surface area is 106 Å². The van der Waals surface area contributed by atoms with E-state index in [4.69, 9.17) is 5.73 Å². The second-order valence-electron chi connectivity index (χ2n) is 4.84. The molecule has 3 heterocycles. The van der Waals surface area contributed by atoms with Gasteiger partial charge in [-0.3, -0.25) is 4.90 Å². The van der Waals surface area contributed by atoms with E-state index in [1.165, 1.54) is 0 Å². The average molecular weight is 246 g/mol. The molecule has 6 nitrogen and oxygen atoms in total. The van der Waals surface area contributed by atoms with Gasteiger partial charge in [0, 0.05) is 32.4 Å². The van der Waals surface area contributed by atoms with Crippen molar-refractivity contribution in [3.63, 3.8) is 0 Å². The normalized spacial score (nSPS) is 18.5. The van der Waals surface area contributed by atoms with Crippen molar-refractivity contribution in [2.75, 3.05) is 39.0 Å². The fraction of sp³-hybridized carbons (Fsp3) is 0.500. The van der Waals surface area contributed by atoms with Gasteiger partial charge in [-0.15, -0.1) is 5.10 Å². The molecule has 2 aromatic rings. The lowest BCUT2D eigenvalue weighted by Gasteiger charge is -2.31. The molecule has 1 saturated heterocycles. The standard InChI is InChI=1S/C12H18N6/c1-16-5-7-17(8-6-16)9-11-14-12-10(13)3-2-4-18(12)15-11/h2-4H,5-9,13H2,1H3. The number of fused-ring (bicyclic) bond motifs is 1. The quantitative estimate of drug-likeness (QED) is 0.812. The zero-order chi connectivity index (χ0) is 12.5. The summed E-state index contributed by atoms with van der Waals surface area (Å²) in [5, 5.41) is 4.46. The minimum Gasteiger partial charge on any atom is -0.396 e. The van der Waals surface area contributed by atoms with Crippen LogP contribution >= 0.6 is 0 Å². The van der Waals surface area contributed by atoms with Crippen molar-refractivity contribution < 1.29 is 0 Å². The summed E-state index contributed by atoms with van der Waals surface area (Å²) in [4.78, 5) is 9.22. The van der Waals surface area contributed by atoms with Crippen molar-refractivity contribution in [3.05, 3.63) is 24.2 Å². The van der Waals surface area contributed by atoms with Crippen LogP contribution in [0.3, 0.4) is 0 Å². The number of aromatic nitrogens is 3. The Morgan fingerprint density at radius 2 is 2.06 bits per heavy atom. The maximum absolute atomic E-state index is 5.88. The lowest BCUT2D eigenvalue weighted by molar-refractivity contribution is 0.145. The number of likely N-dealkylation sites (N-methyl/N-ethyl adjacent to an activating group) is 1. The summed E-state index contributed by atoms with van der Waals surface area (Å²) < 4.78 is 1.75. The predicted molar refractivity (Wildman–Crippen MR) is 70.2 cm³/mol. The number of hydrogen-bond donors (Lipinski definition) is 1.